The van der Waals surface area contributed by atoms with Crippen LogP contribution in [0.15, 0.2) is 29.2 Å². The number of ether oxygens (including phenoxy) is 1. The van der Waals surface area contributed by atoms with Crippen LogP contribution in [0, 0.1) is 0 Å². The molecule has 110 valence electrons. The van der Waals surface area contributed by atoms with Crippen LogP contribution in [0.25, 0.3) is 0 Å². The summed E-state index contributed by atoms with van der Waals surface area (Å²) in [5.74, 6) is -1.01. The lowest BCUT2D eigenvalue weighted by Gasteiger charge is -2.13. The van der Waals surface area contributed by atoms with Crippen molar-refractivity contribution in [3.63, 3.8) is 0 Å². The number of benzene rings is 1. The van der Waals surface area contributed by atoms with E-state index in [9.17, 15) is 18.0 Å². The van der Waals surface area contributed by atoms with E-state index in [1.54, 1.807) is 0 Å². The summed E-state index contributed by atoms with van der Waals surface area (Å²) < 4.78 is 29.9. The standard InChI is InChI=1S/C13H17NO5S/c1-9(15)10(2)19-13(16)11-6-5-7-12(8-11)20(17,18)14(3)4/h5-8,10H,1-4H3. The van der Waals surface area contributed by atoms with Crippen molar-refractivity contribution in [1.82, 2.24) is 4.31 Å². The molecule has 0 aromatic heterocycles. The third kappa shape index (κ3) is 3.64. The van der Waals surface area contributed by atoms with E-state index in [-0.39, 0.29) is 16.2 Å². The van der Waals surface area contributed by atoms with Gasteiger partial charge in [-0.1, -0.05) is 6.07 Å². The zero-order chi connectivity index (χ0) is 15.5. The van der Waals surface area contributed by atoms with E-state index < -0.39 is 22.1 Å². The first-order valence-electron chi connectivity index (χ1n) is 5.90. The molecule has 0 bridgehead atoms. The molecule has 1 rings (SSSR count). The Kier molecular flexibility index (Phi) is 5.02. The van der Waals surface area contributed by atoms with Crippen LogP contribution in [0.3, 0.4) is 0 Å². The number of esters is 1. The summed E-state index contributed by atoms with van der Waals surface area (Å²) in [5, 5.41) is 0. The molecule has 1 atom stereocenters. The lowest BCUT2D eigenvalue weighted by Crippen LogP contribution is -2.24. The molecule has 6 nitrogen and oxygen atoms in total. The highest BCUT2D eigenvalue weighted by Gasteiger charge is 2.20. The smallest absolute Gasteiger partial charge is 0.338 e. The monoisotopic (exact) mass is 299 g/mol. The van der Waals surface area contributed by atoms with Gasteiger partial charge in [0, 0.05) is 14.1 Å². The molecule has 7 heteroatoms. The average molecular weight is 299 g/mol. The first kappa shape index (κ1) is 16.3. The second-order valence-corrected chi connectivity index (χ2v) is 6.63. The van der Waals surface area contributed by atoms with Gasteiger partial charge in [-0.05, 0) is 32.0 Å². The molecule has 1 unspecified atom stereocenters. The zero-order valence-electron chi connectivity index (χ0n) is 11.8. The van der Waals surface area contributed by atoms with Crippen LogP contribution in [-0.4, -0.2) is 44.7 Å². The molecular weight excluding hydrogens is 282 g/mol. The lowest BCUT2D eigenvalue weighted by molar-refractivity contribution is -0.124. The Balaban J connectivity index is 3.06. The van der Waals surface area contributed by atoms with Gasteiger partial charge in [-0.2, -0.15) is 0 Å². The molecule has 0 saturated carbocycles. The maximum absolute atomic E-state index is 12.0. The molecular formula is C13H17NO5S. The molecule has 0 aliphatic rings. The molecule has 0 saturated heterocycles. The lowest BCUT2D eigenvalue weighted by atomic mass is 10.2. The van der Waals surface area contributed by atoms with Crippen molar-refractivity contribution in [1.29, 1.82) is 0 Å². The fourth-order valence-corrected chi connectivity index (χ4v) is 2.25. The Bertz CT molecular complexity index is 621. The second kappa shape index (κ2) is 6.15. The first-order valence-corrected chi connectivity index (χ1v) is 7.34. The van der Waals surface area contributed by atoms with Crippen molar-refractivity contribution in [3.05, 3.63) is 29.8 Å². The predicted octanol–water partition coefficient (Wildman–Crippen LogP) is 1.07. The number of hydrogen-bond acceptors (Lipinski definition) is 5. The summed E-state index contributed by atoms with van der Waals surface area (Å²) in [4.78, 5) is 22.9. The largest absolute Gasteiger partial charge is 0.451 e. The van der Waals surface area contributed by atoms with Crippen molar-refractivity contribution in [3.8, 4) is 0 Å². The average Bonchev–Trinajstić information content (AvgIpc) is 2.38. The summed E-state index contributed by atoms with van der Waals surface area (Å²) in [6.07, 6.45) is -0.864. The Hall–Kier alpha value is -1.73. The van der Waals surface area contributed by atoms with Crippen LogP contribution in [0.4, 0.5) is 0 Å². The van der Waals surface area contributed by atoms with Crippen LogP contribution in [-0.2, 0) is 19.6 Å². The number of Topliss-reactive ketones (excluding diaryl/α,β-unsaturated/α-hetero) is 1. The van der Waals surface area contributed by atoms with E-state index in [4.69, 9.17) is 4.74 Å². The van der Waals surface area contributed by atoms with Gasteiger partial charge < -0.3 is 4.74 Å². The van der Waals surface area contributed by atoms with Crippen molar-refractivity contribution in [2.45, 2.75) is 24.8 Å². The summed E-state index contributed by atoms with van der Waals surface area (Å²) >= 11 is 0. The van der Waals surface area contributed by atoms with Gasteiger partial charge in [0.25, 0.3) is 0 Å². The van der Waals surface area contributed by atoms with E-state index >= 15 is 0 Å². The molecule has 0 radical (unpaired) electrons. The van der Waals surface area contributed by atoms with Gasteiger partial charge in [0.05, 0.1) is 10.5 Å². The molecule has 0 heterocycles. The van der Waals surface area contributed by atoms with E-state index in [2.05, 4.69) is 0 Å². The molecule has 20 heavy (non-hydrogen) atoms. The minimum absolute atomic E-state index is 0.00701. The number of rotatable bonds is 5. The Morgan fingerprint density at radius 2 is 1.85 bits per heavy atom. The highest BCUT2D eigenvalue weighted by atomic mass is 32.2. The van der Waals surface area contributed by atoms with Crippen LogP contribution < -0.4 is 0 Å². The van der Waals surface area contributed by atoms with Gasteiger partial charge in [0.15, 0.2) is 11.9 Å². The van der Waals surface area contributed by atoms with Gasteiger partial charge in [0.2, 0.25) is 10.0 Å². The first-order chi connectivity index (χ1) is 9.16. The number of nitrogens with zero attached hydrogens (tertiary/aromatic N) is 1. The molecule has 0 aliphatic heterocycles. The fourth-order valence-electron chi connectivity index (χ4n) is 1.31. The molecule has 1 aromatic rings. The summed E-state index contributed by atoms with van der Waals surface area (Å²) in [6.45, 7) is 2.77. The maximum Gasteiger partial charge on any atom is 0.338 e. The van der Waals surface area contributed by atoms with Gasteiger partial charge in [-0.3, -0.25) is 4.79 Å². The van der Waals surface area contributed by atoms with Crippen molar-refractivity contribution >= 4 is 21.8 Å². The number of sulfonamides is 1. The molecule has 0 spiro atoms. The molecule has 0 fully saturated rings. The second-order valence-electron chi connectivity index (χ2n) is 4.47. The Morgan fingerprint density at radius 3 is 2.35 bits per heavy atom. The van der Waals surface area contributed by atoms with E-state index in [1.165, 1.54) is 52.2 Å². The number of carbonyl (C=O) groups excluding carboxylic acids is 2. The molecule has 1 aromatic carbocycles. The number of ketones is 1. The van der Waals surface area contributed by atoms with Crippen molar-refractivity contribution in [2.24, 2.45) is 0 Å². The normalized spacial score (nSPS) is 13.1. The quantitative estimate of drug-likeness (QED) is 0.760. The van der Waals surface area contributed by atoms with Gasteiger partial charge in [-0.25, -0.2) is 17.5 Å². The fraction of sp³-hybridized carbons (Fsp3) is 0.385. The van der Waals surface area contributed by atoms with E-state index in [1.807, 2.05) is 0 Å². The number of hydrogen-bond donors (Lipinski definition) is 0. The molecule has 0 amide bonds. The summed E-state index contributed by atoms with van der Waals surface area (Å²) in [7, 11) is -0.817. The van der Waals surface area contributed by atoms with Crippen molar-refractivity contribution in [2.75, 3.05) is 14.1 Å². The summed E-state index contributed by atoms with van der Waals surface area (Å²) in [5.41, 5.74) is 0.0843. The van der Waals surface area contributed by atoms with E-state index in [0.717, 1.165) is 4.31 Å². The minimum Gasteiger partial charge on any atom is -0.451 e. The Morgan fingerprint density at radius 1 is 1.25 bits per heavy atom. The van der Waals surface area contributed by atoms with Crippen LogP contribution in [0.1, 0.15) is 24.2 Å². The SMILES string of the molecule is CC(=O)C(C)OC(=O)c1cccc(S(=O)(=O)N(C)C)c1. The molecule has 0 aliphatic carbocycles. The van der Waals surface area contributed by atoms with Crippen LogP contribution in [0.5, 0.6) is 0 Å². The third-order valence-electron chi connectivity index (χ3n) is 2.70. The van der Waals surface area contributed by atoms with Gasteiger partial charge >= 0.3 is 5.97 Å². The zero-order valence-corrected chi connectivity index (χ0v) is 12.6. The van der Waals surface area contributed by atoms with E-state index in [0.29, 0.717) is 0 Å². The van der Waals surface area contributed by atoms with Crippen molar-refractivity contribution < 1.29 is 22.7 Å². The van der Waals surface area contributed by atoms with Gasteiger partial charge in [0.1, 0.15) is 0 Å². The maximum atomic E-state index is 12.0. The number of carbonyl (C=O) groups is 2. The predicted molar refractivity (Wildman–Crippen MR) is 72.9 cm³/mol. The molecule has 0 N–H and O–H groups in total. The third-order valence-corrected chi connectivity index (χ3v) is 4.52. The highest BCUT2D eigenvalue weighted by molar-refractivity contribution is 7.89. The topological polar surface area (TPSA) is 80.8 Å². The van der Waals surface area contributed by atoms with Gasteiger partial charge in [-0.15, -0.1) is 0 Å². The van der Waals surface area contributed by atoms with Crippen LogP contribution >= 0.6 is 0 Å². The van der Waals surface area contributed by atoms with Crippen LogP contribution in [0.2, 0.25) is 0 Å². The minimum atomic E-state index is -3.62. The Labute approximate surface area is 118 Å². The highest BCUT2D eigenvalue weighted by Crippen LogP contribution is 2.16. The summed E-state index contributed by atoms with van der Waals surface area (Å²) in [6, 6.07) is 5.50.